The van der Waals surface area contributed by atoms with Gasteiger partial charge in [-0.05, 0) is 47.1 Å². The molecule has 1 aromatic carbocycles. The summed E-state index contributed by atoms with van der Waals surface area (Å²) in [7, 11) is 0. The monoisotopic (exact) mass is 492 g/mol. The molecular weight excluding hydrogens is 462 g/mol. The number of fused-ring (bicyclic) bond motifs is 1. The third-order valence-electron chi connectivity index (χ3n) is 5.42. The maximum atomic E-state index is 15.2. The zero-order chi connectivity index (χ0) is 26.1. The van der Waals surface area contributed by atoms with Gasteiger partial charge in [0.1, 0.15) is 11.2 Å². The lowest BCUT2D eigenvalue weighted by Crippen LogP contribution is -2.47. The van der Waals surface area contributed by atoms with Crippen LogP contribution in [0.1, 0.15) is 51.4 Å². The van der Waals surface area contributed by atoms with Crippen LogP contribution >= 0.6 is 0 Å². The first kappa shape index (κ1) is 26.3. The molecule has 10 heteroatoms. The van der Waals surface area contributed by atoms with Crippen molar-refractivity contribution in [1.29, 1.82) is 0 Å². The van der Waals surface area contributed by atoms with Gasteiger partial charge in [0.15, 0.2) is 11.6 Å². The molecule has 2 atom stereocenters. The number of carbonyl (C=O) groups excluding carboxylic acids is 2. The highest BCUT2D eigenvalue weighted by molar-refractivity contribution is 5.95. The molecule has 2 heterocycles. The van der Waals surface area contributed by atoms with Gasteiger partial charge >= 0.3 is 11.9 Å². The van der Waals surface area contributed by atoms with E-state index in [0.29, 0.717) is 19.0 Å². The Morgan fingerprint density at radius 2 is 1.97 bits per heavy atom. The second-order valence-electron chi connectivity index (χ2n) is 9.29. The molecule has 0 saturated carbocycles. The maximum absolute atomic E-state index is 15.2. The first-order valence-corrected chi connectivity index (χ1v) is 11.4. The summed E-state index contributed by atoms with van der Waals surface area (Å²) < 4.78 is 47.5. The summed E-state index contributed by atoms with van der Waals surface area (Å²) in [5.41, 5.74) is -1.31. The fourth-order valence-corrected chi connectivity index (χ4v) is 3.91. The normalized spacial score (nSPS) is 16.9. The number of aryl methyl sites for hydroxylation is 1. The highest BCUT2D eigenvalue weighted by Gasteiger charge is 2.38. The van der Waals surface area contributed by atoms with Gasteiger partial charge in [0, 0.05) is 19.3 Å². The van der Waals surface area contributed by atoms with Crippen molar-refractivity contribution in [2.75, 3.05) is 13.2 Å². The van der Waals surface area contributed by atoms with Gasteiger partial charge < -0.3 is 24.1 Å². The van der Waals surface area contributed by atoms with E-state index >= 15 is 4.39 Å². The third-order valence-corrected chi connectivity index (χ3v) is 5.42. The molecule has 1 saturated heterocycles. The summed E-state index contributed by atoms with van der Waals surface area (Å²) in [6.07, 6.45) is 0.204. The van der Waals surface area contributed by atoms with Crippen LogP contribution in [-0.4, -0.2) is 47.4 Å². The Hall–Kier alpha value is -3.27. The van der Waals surface area contributed by atoms with E-state index in [4.69, 9.17) is 14.2 Å². The molecule has 1 N–H and O–H groups in total. The summed E-state index contributed by atoms with van der Waals surface area (Å²) in [5.74, 6) is -5.01. The minimum absolute atomic E-state index is 0.0336. The molecule has 190 valence electrons. The number of benzene rings is 1. The smallest absolute Gasteiger partial charge is 0.349 e. The van der Waals surface area contributed by atoms with Gasteiger partial charge in [-0.15, -0.1) is 0 Å². The van der Waals surface area contributed by atoms with Crippen molar-refractivity contribution in [3.05, 3.63) is 51.8 Å². The van der Waals surface area contributed by atoms with E-state index in [9.17, 15) is 18.8 Å². The Kier molecular flexibility index (Phi) is 7.64. The zero-order valence-electron chi connectivity index (χ0n) is 20.5. The van der Waals surface area contributed by atoms with E-state index in [0.717, 1.165) is 5.57 Å². The molecule has 0 amide bonds. The highest BCUT2D eigenvalue weighted by atomic mass is 19.2. The van der Waals surface area contributed by atoms with Gasteiger partial charge in [-0.3, -0.25) is 4.79 Å². The molecule has 0 radical (unpaired) electrons. The predicted octanol–water partition coefficient (Wildman–Crippen LogP) is 3.48. The van der Waals surface area contributed by atoms with Crippen LogP contribution in [0.5, 0.6) is 5.75 Å². The molecule has 1 unspecified atom stereocenters. The molecule has 1 fully saturated rings. The zero-order valence-corrected chi connectivity index (χ0v) is 20.5. The Bertz CT molecular complexity index is 1230. The molecule has 0 spiro atoms. The van der Waals surface area contributed by atoms with E-state index in [1.807, 2.05) is 0 Å². The number of halogens is 2. The van der Waals surface area contributed by atoms with Crippen LogP contribution < -0.4 is 15.5 Å². The van der Waals surface area contributed by atoms with Crippen LogP contribution in [0.15, 0.2) is 29.2 Å². The number of hydrogen-bond donors (Lipinski definition) is 1. The molecule has 8 nitrogen and oxygen atoms in total. The van der Waals surface area contributed by atoms with Crippen molar-refractivity contribution in [3.63, 3.8) is 0 Å². The van der Waals surface area contributed by atoms with E-state index in [1.54, 1.807) is 34.6 Å². The molecule has 0 aliphatic carbocycles. The second-order valence-corrected chi connectivity index (χ2v) is 9.29. The van der Waals surface area contributed by atoms with Crippen molar-refractivity contribution in [2.45, 2.75) is 65.3 Å². The standard InChI is InChI=1S/C25H30F2N2O6/c1-7-29-12-15(23(31)33-8-2)20(30)14-10-16(26)18(27)22(19(14)29)34-21(17-9-13(3)11-28-17)24(32)35-25(4,5)6/h10,12,17,21,28H,3,7-9,11H2,1-2,4-6H3/t17?,21-/m0/s1. The molecule has 1 aliphatic heterocycles. The average Bonchev–Trinajstić information content (AvgIpc) is 3.19. The van der Waals surface area contributed by atoms with Gasteiger partial charge in [0.05, 0.1) is 23.6 Å². The lowest BCUT2D eigenvalue weighted by molar-refractivity contribution is -0.164. The van der Waals surface area contributed by atoms with Crippen LogP contribution in [0.25, 0.3) is 10.9 Å². The molecule has 1 aliphatic rings. The van der Waals surface area contributed by atoms with Gasteiger partial charge in [0.2, 0.25) is 17.3 Å². The summed E-state index contributed by atoms with van der Waals surface area (Å²) in [6, 6.07) is 0.100. The number of carbonyl (C=O) groups is 2. The van der Waals surface area contributed by atoms with Crippen LogP contribution in [0.2, 0.25) is 0 Å². The summed E-state index contributed by atoms with van der Waals surface area (Å²) in [6.45, 7) is 12.8. The quantitative estimate of drug-likeness (QED) is 0.467. The van der Waals surface area contributed by atoms with Gasteiger partial charge in [-0.25, -0.2) is 14.0 Å². The molecule has 3 rings (SSSR count). The van der Waals surface area contributed by atoms with Crippen LogP contribution in [0, 0.1) is 11.6 Å². The Morgan fingerprint density at radius 3 is 2.51 bits per heavy atom. The molecule has 1 aromatic heterocycles. The molecule has 35 heavy (non-hydrogen) atoms. The Morgan fingerprint density at radius 1 is 1.29 bits per heavy atom. The number of rotatable bonds is 7. The van der Waals surface area contributed by atoms with Gasteiger partial charge in [-0.2, -0.15) is 4.39 Å². The Labute approximate surface area is 201 Å². The van der Waals surface area contributed by atoms with Crippen LogP contribution in [0.3, 0.4) is 0 Å². The summed E-state index contributed by atoms with van der Waals surface area (Å²) in [4.78, 5) is 38.4. The van der Waals surface area contributed by atoms with Crippen molar-refractivity contribution in [2.24, 2.45) is 0 Å². The third kappa shape index (κ3) is 5.53. The highest BCUT2D eigenvalue weighted by Crippen LogP contribution is 2.33. The number of pyridine rings is 1. The largest absolute Gasteiger partial charge is 0.472 e. The van der Waals surface area contributed by atoms with Crippen LogP contribution in [-0.2, 0) is 20.8 Å². The number of nitrogens with one attached hydrogen (secondary N) is 1. The molecule has 2 aromatic rings. The number of nitrogens with zero attached hydrogens (tertiary/aromatic N) is 1. The fraction of sp³-hybridized carbons (Fsp3) is 0.480. The van der Waals surface area contributed by atoms with Crippen molar-refractivity contribution >= 4 is 22.8 Å². The lowest BCUT2D eigenvalue weighted by atomic mass is 10.1. The maximum Gasteiger partial charge on any atom is 0.349 e. The molecular formula is C25H30F2N2O6. The second kappa shape index (κ2) is 10.2. The van der Waals surface area contributed by atoms with Gasteiger partial charge in [-0.1, -0.05) is 12.2 Å². The summed E-state index contributed by atoms with van der Waals surface area (Å²) >= 11 is 0. The number of esters is 2. The van der Waals surface area contributed by atoms with Crippen molar-refractivity contribution < 1.29 is 32.6 Å². The van der Waals surface area contributed by atoms with Gasteiger partial charge in [0.25, 0.3) is 0 Å². The minimum Gasteiger partial charge on any atom is -0.472 e. The fourth-order valence-electron chi connectivity index (χ4n) is 3.91. The number of ether oxygens (including phenoxy) is 3. The number of hydrogen-bond acceptors (Lipinski definition) is 7. The average molecular weight is 493 g/mol. The van der Waals surface area contributed by atoms with E-state index in [2.05, 4.69) is 11.9 Å². The van der Waals surface area contributed by atoms with Crippen molar-refractivity contribution in [3.8, 4) is 5.75 Å². The lowest BCUT2D eigenvalue weighted by Gasteiger charge is -2.28. The van der Waals surface area contributed by atoms with E-state index in [1.165, 1.54) is 10.8 Å². The first-order valence-electron chi connectivity index (χ1n) is 11.4. The number of aromatic nitrogens is 1. The first-order chi connectivity index (χ1) is 16.4. The minimum atomic E-state index is -1.37. The van der Waals surface area contributed by atoms with Crippen LogP contribution in [0.4, 0.5) is 8.78 Å². The predicted molar refractivity (Wildman–Crippen MR) is 126 cm³/mol. The topological polar surface area (TPSA) is 95.9 Å². The SMILES string of the molecule is C=C1CNC([C@H](Oc2c(F)c(F)cc3c(=O)c(C(=O)OCC)cn(CC)c23)C(=O)OC(C)(C)C)C1. The van der Waals surface area contributed by atoms with E-state index in [-0.39, 0.29) is 29.6 Å². The van der Waals surface area contributed by atoms with Crippen molar-refractivity contribution in [1.82, 2.24) is 9.88 Å². The van der Waals surface area contributed by atoms with E-state index < -0.39 is 52.5 Å². The molecule has 0 bridgehead atoms. The summed E-state index contributed by atoms with van der Waals surface area (Å²) in [5, 5.41) is 2.80. The Balaban J connectivity index is 2.22.